The second-order valence-corrected chi connectivity index (χ2v) is 4.90. The third-order valence-electron chi connectivity index (χ3n) is 2.83. The fourth-order valence-electron chi connectivity index (χ4n) is 1.83. The van der Waals surface area contributed by atoms with Gasteiger partial charge in [-0.1, -0.05) is 17.7 Å². The maximum atomic E-state index is 11.9. The van der Waals surface area contributed by atoms with E-state index in [0.29, 0.717) is 22.6 Å². The summed E-state index contributed by atoms with van der Waals surface area (Å²) in [7, 11) is 0. The lowest BCUT2D eigenvalue weighted by atomic mass is 10.2. The molecule has 0 saturated heterocycles. The number of hydrogen-bond donors (Lipinski definition) is 1. The summed E-state index contributed by atoms with van der Waals surface area (Å²) in [6, 6.07) is 5.82. The first-order valence-corrected chi connectivity index (χ1v) is 6.60. The molecule has 0 saturated carbocycles. The fourth-order valence-corrected chi connectivity index (χ4v) is 2.02. The van der Waals surface area contributed by atoms with Gasteiger partial charge < -0.3 is 4.42 Å². The third-order valence-corrected chi connectivity index (χ3v) is 3.15. The zero-order valence-corrected chi connectivity index (χ0v) is 12.5. The Balaban J connectivity index is 2.10. The normalized spacial score (nSPS) is 10.9. The molecule has 7 nitrogen and oxygen atoms in total. The molecule has 2 rings (SSSR count). The van der Waals surface area contributed by atoms with Gasteiger partial charge >= 0.3 is 0 Å². The molecule has 8 heteroatoms. The number of furan rings is 1. The maximum absolute atomic E-state index is 11.9. The number of nitrogens with one attached hydrogen (secondary N) is 1. The predicted molar refractivity (Wildman–Crippen MR) is 81.3 cm³/mol. The Bertz CT molecular complexity index is 767. The minimum absolute atomic E-state index is 0.0377. The molecule has 1 amide bonds. The highest BCUT2D eigenvalue weighted by Gasteiger charge is 2.13. The molecule has 0 aliphatic heterocycles. The van der Waals surface area contributed by atoms with Crippen LogP contribution in [0.25, 0.3) is 0 Å². The van der Waals surface area contributed by atoms with Gasteiger partial charge in [-0.05, 0) is 26.0 Å². The fraction of sp³-hybridized carbons (Fsp3) is 0.143. The van der Waals surface area contributed by atoms with Crippen LogP contribution in [0.1, 0.15) is 27.4 Å². The van der Waals surface area contributed by atoms with Crippen LogP contribution in [-0.2, 0) is 0 Å². The van der Waals surface area contributed by atoms with Crippen LogP contribution < -0.4 is 5.43 Å². The SMILES string of the molecule is Cc1cc(C(=O)NN=Cc2ccc(Cl)c([N+](=O)[O-])c2)c(C)o1. The van der Waals surface area contributed by atoms with Gasteiger partial charge in [0.15, 0.2) is 0 Å². The van der Waals surface area contributed by atoms with E-state index < -0.39 is 10.8 Å². The summed E-state index contributed by atoms with van der Waals surface area (Å²) in [4.78, 5) is 22.1. The highest BCUT2D eigenvalue weighted by atomic mass is 35.5. The molecular formula is C14H12ClN3O4. The van der Waals surface area contributed by atoms with E-state index in [4.69, 9.17) is 16.0 Å². The van der Waals surface area contributed by atoms with Gasteiger partial charge in [0, 0.05) is 11.6 Å². The van der Waals surface area contributed by atoms with Crippen LogP contribution in [0.2, 0.25) is 5.02 Å². The molecule has 0 aliphatic rings. The molecule has 114 valence electrons. The Labute approximate surface area is 130 Å². The second kappa shape index (κ2) is 6.40. The first-order chi connectivity index (χ1) is 10.4. The predicted octanol–water partition coefficient (Wildman–Crippen LogP) is 3.22. The molecule has 0 atom stereocenters. The van der Waals surface area contributed by atoms with Crippen LogP contribution in [0.3, 0.4) is 0 Å². The molecule has 2 aromatic rings. The van der Waals surface area contributed by atoms with Crippen molar-refractivity contribution in [3.05, 3.63) is 62.0 Å². The maximum Gasteiger partial charge on any atom is 0.288 e. The van der Waals surface area contributed by atoms with Gasteiger partial charge in [0.25, 0.3) is 11.6 Å². The Morgan fingerprint density at radius 2 is 2.14 bits per heavy atom. The van der Waals surface area contributed by atoms with Crippen LogP contribution in [-0.4, -0.2) is 17.0 Å². The number of benzene rings is 1. The lowest BCUT2D eigenvalue weighted by Gasteiger charge is -1.98. The number of aryl methyl sites for hydroxylation is 2. The number of carbonyl (C=O) groups excluding carboxylic acids is 1. The summed E-state index contributed by atoms with van der Waals surface area (Å²) in [6.45, 7) is 3.41. The van der Waals surface area contributed by atoms with E-state index >= 15 is 0 Å². The smallest absolute Gasteiger partial charge is 0.288 e. The molecule has 0 spiro atoms. The zero-order chi connectivity index (χ0) is 16.3. The highest BCUT2D eigenvalue weighted by Crippen LogP contribution is 2.24. The number of nitro benzene ring substituents is 1. The monoisotopic (exact) mass is 321 g/mol. The Morgan fingerprint density at radius 3 is 2.73 bits per heavy atom. The van der Waals surface area contributed by atoms with Crippen molar-refractivity contribution in [3.63, 3.8) is 0 Å². The number of halogens is 1. The minimum Gasteiger partial charge on any atom is -0.466 e. The third kappa shape index (κ3) is 3.50. The number of carbonyl (C=O) groups is 1. The van der Waals surface area contributed by atoms with Crippen molar-refractivity contribution >= 4 is 29.4 Å². The first-order valence-electron chi connectivity index (χ1n) is 6.23. The lowest BCUT2D eigenvalue weighted by molar-refractivity contribution is -0.384. The number of hydrazone groups is 1. The van der Waals surface area contributed by atoms with Crippen molar-refractivity contribution in [3.8, 4) is 0 Å². The van der Waals surface area contributed by atoms with Gasteiger partial charge in [0.1, 0.15) is 16.5 Å². The highest BCUT2D eigenvalue weighted by molar-refractivity contribution is 6.32. The summed E-state index contributed by atoms with van der Waals surface area (Å²) in [5.41, 5.74) is 2.94. The van der Waals surface area contributed by atoms with Crippen LogP contribution in [0, 0.1) is 24.0 Å². The average Bonchev–Trinajstić information content (AvgIpc) is 2.79. The van der Waals surface area contributed by atoms with Crippen molar-refractivity contribution in [2.45, 2.75) is 13.8 Å². The van der Waals surface area contributed by atoms with Gasteiger partial charge in [-0.15, -0.1) is 0 Å². The van der Waals surface area contributed by atoms with Crippen molar-refractivity contribution in [1.29, 1.82) is 0 Å². The molecule has 0 bridgehead atoms. The summed E-state index contributed by atoms with van der Waals surface area (Å²) < 4.78 is 5.25. The van der Waals surface area contributed by atoms with E-state index in [1.165, 1.54) is 18.3 Å². The van der Waals surface area contributed by atoms with Crippen molar-refractivity contribution in [2.24, 2.45) is 5.10 Å². The van der Waals surface area contributed by atoms with E-state index in [9.17, 15) is 14.9 Å². The van der Waals surface area contributed by atoms with Crippen molar-refractivity contribution in [1.82, 2.24) is 5.43 Å². The number of nitro groups is 1. The van der Waals surface area contributed by atoms with Gasteiger partial charge in [0.05, 0.1) is 16.7 Å². The van der Waals surface area contributed by atoms with E-state index in [-0.39, 0.29) is 10.7 Å². The Hall–Kier alpha value is -2.67. The Morgan fingerprint density at radius 1 is 1.41 bits per heavy atom. The summed E-state index contributed by atoms with van der Waals surface area (Å²) in [5, 5.41) is 14.6. The standard InChI is InChI=1S/C14H12ClN3O4/c1-8-5-11(9(2)22-8)14(19)17-16-7-10-3-4-12(15)13(6-10)18(20)21/h3-7H,1-2H3,(H,17,19). The van der Waals surface area contributed by atoms with Crippen LogP contribution >= 0.6 is 11.6 Å². The molecule has 1 heterocycles. The first kappa shape index (κ1) is 15.7. The quantitative estimate of drug-likeness (QED) is 0.531. The molecule has 1 aromatic heterocycles. The average molecular weight is 322 g/mol. The lowest BCUT2D eigenvalue weighted by Crippen LogP contribution is -2.17. The molecule has 0 unspecified atom stereocenters. The number of nitrogens with zero attached hydrogens (tertiary/aromatic N) is 2. The molecule has 1 N–H and O–H groups in total. The summed E-state index contributed by atoms with van der Waals surface area (Å²) >= 11 is 5.71. The van der Waals surface area contributed by atoms with Crippen LogP contribution in [0.15, 0.2) is 33.8 Å². The minimum atomic E-state index is -0.587. The van der Waals surface area contributed by atoms with Crippen LogP contribution in [0.5, 0.6) is 0 Å². The molecule has 22 heavy (non-hydrogen) atoms. The molecular weight excluding hydrogens is 310 g/mol. The Kier molecular flexibility index (Phi) is 4.57. The van der Waals surface area contributed by atoms with E-state index in [1.54, 1.807) is 26.0 Å². The van der Waals surface area contributed by atoms with Crippen LogP contribution in [0.4, 0.5) is 5.69 Å². The molecule has 0 aliphatic carbocycles. The number of rotatable bonds is 4. The molecule has 0 radical (unpaired) electrons. The zero-order valence-electron chi connectivity index (χ0n) is 11.8. The summed E-state index contributed by atoms with van der Waals surface area (Å²) in [5.74, 6) is 0.696. The van der Waals surface area contributed by atoms with Gasteiger partial charge in [-0.2, -0.15) is 5.10 Å². The van der Waals surface area contributed by atoms with Gasteiger partial charge in [-0.25, -0.2) is 5.43 Å². The van der Waals surface area contributed by atoms with Gasteiger partial charge in [-0.3, -0.25) is 14.9 Å². The second-order valence-electron chi connectivity index (χ2n) is 4.49. The van der Waals surface area contributed by atoms with E-state index in [1.807, 2.05) is 0 Å². The topological polar surface area (TPSA) is 97.7 Å². The van der Waals surface area contributed by atoms with Crippen molar-refractivity contribution < 1.29 is 14.1 Å². The molecule has 0 fully saturated rings. The number of hydrogen-bond acceptors (Lipinski definition) is 5. The summed E-state index contributed by atoms with van der Waals surface area (Å²) in [6.07, 6.45) is 1.30. The van der Waals surface area contributed by atoms with Gasteiger partial charge in [0.2, 0.25) is 0 Å². The van der Waals surface area contributed by atoms with E-state index in [2.05, 4.69) is 10.5 Å². The molecule has 1 aromatic carbocycles. The van der Waals surface area contributed by atoms with Crippen molar-refractivity contribution in [2.75, 3.05) is 0 Å². The van der Waals surface area contributed by atoms with E-state index in [0.717, 1.165) is 0 Å². The number of amides is 1. The largest absolute Gasteiger partial charge is 0.466 e.